The molecular formula is C29H44N4O2. The molecule has 0 aliphatic heterocycles. The highest BCUT2D eigenvalue weighted by Gasteiger charge is 2.36. The summed E-state index contributed by atoms with van der Waals surface area (Å²) in [6, 6.07) is 4.01. The summed E-state index contributed by atoms with van der Waals surface area (Å²) in [7, 11) is 0. The highest BCUT2D eigenvalue weighted by atomic mass is 16.5. The minimum absolute atomic E-state index is 0.132. The number of rotatable bonds is 10. The van der Waals surface area contributed by atoms with Crippen LogP contribution in [0.5, 0.6) is 5.88 Å². The van der Waals surface area contributed by atoms with Gasteiger partial charge in [-0.1, -0.05) is 33.8 Å². The van der Waals surface area contributed by atoms with Crippen LogP contribution in [0.4, 0.5) is 0 Å². The highest BCUT2D eigenvalue weighted by Crippen LogP contribution is 2.40. The van der Waals surface area contributed by atoms with Crippen molar-refractivity contribution in [1.29, 1.82) is 0 Å². The molecular weight excluding hydrogens is 436 g/mol. The van der Waals surface area contributed by atoms with Gasteiger partial charge in [-0.25, -0.2) is 4.98 Å². The van der Waals surface area contributed by atoms with E-state index in [4.69, 9.17) is 9.84 Å². The predicted octanol–water partition coefficient (Wildman–Crippen LogP) is 6.17. The molecule has 6 nitrogen and oxygen atoms in total. The second-order valence-electron chi connectivity index (χ2n) is 10.9. The minimum atomic E-state index is 0.132. The zero-order valence-corrected chi connectivity index (χ0v) is 22.4. The van der Waals surface area contributed by atoms with Crippen LogP contribution in [0.1, 0.15) is 106 Å². The molecule has 0 aromatic carbocycles. The molecule has 1 saturated carbocycles. The SMILES string of the molecule is CCCN(CCC)C(=O)c1nn(CCC2CCC(Oc3ncccc3C)CC2)c2c1C(C)[C@H](C)C2. The number of nitrogens with zero attached hydrogens (tertiary/aromatic N) is 4. The summed E-state index contributed by atoms with van der Waals surface area (Å²) in [6.07, 6.45) is 10.7. The van der Waals surface area contributed by atoms with Crippen molar-refractivity contribution in [2.75, 3.05) is 13.1 Å². The third-order valence-corrected chi connectivity index (χ3v) is 8.18. The van der Waals surface area contributed by atoms with E-state index in [9.17, 15) is 4.79 Å². The van der Waals surface area contributed by atoms with Crippen molar-refractivity contribution in [2.24, 2.45) is 11.8 Å². The van der Waals surface area contributed by atoms with Gasteiger partial charge in [0.2, 0.25) is 5.88 Å². The molecule has 0 saturated heterocycles. The molecule has 0 radical (unpaired) electrons. The van der Waals surface area contributed by atoms with Crippen LogP contribution >= 0.6 is 0 Å². The summed E-state index contributed by atoms with van der Waals surface area (Å²) in [5.41, 5.74) is 4.36. The lowest BCUT2D eigenvalue weighted by Crippen LogP contribution is -2.33. The Labute approximate surface area is 211 Å². The van der Waals surface area contributed by atoms with E-state index in [0.717, 1.165) is 75.3 Å². The highest BCUT2D eigenvalue weighted by molar-refractivity contribution is 5.94. The summed E-state index contributed by atoms with van der Waals surface area (Å²) in [5.74, 6) is 2.56. The van der Waals surface area contributed by atoms with Crippen LogP contribution in [0.3, 0.4) is 0 Å². The standard InChI is InChI=1S/C29H44N4O2/c1-6-16-32(17-7-2)29(34)27-26-22(5)21(4)19-25(26)33(31-27)18-14-23-10-12-24(13-11-23)35-28-20(3)9-8-15-30-28/h8-9,15,21-24H,6-7,10-14,16-19H2,1-5H3/t21-,22?,23?,24?/m1/s1. The number of carbonyl (C=O) groups is 1. The van der Waals surface area contributed by atoms with Gasteiger partial charge in [-0.15, -0.1) is 0 Å². The molecule has 1 amide bonds. The van der Waals surface area contributed by atoms with Gasteiger partial charge in [-0.05, 0) is 82.1 Å². The van der Waals surface area contributed by atoms with E-state index in [0.29, 0.717) is 17.8 Å². The maximum absolute atomic E-state index is 13.5. The van der Waals surface area contributed by atoms with Crippen molar-refractivity contribution >= 4 is 5.91 Å². The molecule has 1 unspecified atom stereocenters. The number of amides is 1. The molecule has 35 heavy (non-hydrogen) atoms. The normalized spacial score (nSPS) is 23.8. The summed E-state index contributed by atoms with van der Waals surface area (Å²) < 4.78 is 8.40. The summed E-state index contributed by atoms with van der Waals surface area (Å²) in [6.45, 7) is 13.4. The molecule has 4 rings (SSSR count). The zero-order chi connectivity index (χ0) is 24.9. The van der Waals surface area contributed by atoms with Gasteiger partial charge in [-0.2, -0.15) is 5.10 Å². The van der Waals surface area contributed by atoms with Crippen LogP contribution in [0.25, 0.3) is 0 Å². The topological polar surface area (TPSA) is 60.2 Å². The molecule has 6 heteroatoms. The third-order valence-electron chi connectivity index (χ3n) is 8.18. The lowest BCUT2D eigenvalue weighted by molar-refractivity contribution is 0.0746. The van der Waals surface area contributed by atoms with Gasteiger partial charge < -0.3 is 9.64 Å². The quantitative estimate of drug-likeness (QED) is 0.408. The number of hydrogen-bond acceptors (Lipinski definition) is 4. The molecule has 2 aromatic rings. The van der Waals surface area contributed by atoms with Crippen LogP contribution in [0, 0.1) is 18.8 Å². The molecule has 2 heterocycles. The fraction of sp³-hybridized carbons (Fsp3) is 0.690. The number of fused-ring (bicyclic) bond motifs is 1. The number of aryl methyl sites for hydroxylation is 2. The van der Waals surface area contributed by atoms with Crippen molar-refractivity contribution < 1.29 is 9.53 Å². The molecule has 0 spiro atoms. The fourth-order valence-electron chi connectivity index (χ4n) is 5.91. The smallest absolute Gasteiger partial charge is 0.274 e. The number of hydrogen-bond donors (Lipinski definition) is 0. The molecule has 0 bridgehead atoms. The van der Waals surface area contributed by atoms with Crippen molar-refractivity contribution in [3.8, 4) is 5.88 Å². The number of pyridine rings is 1. The van der Waals surface area contributed by atoms with Gasteiger partial charge in [0.15, 0.2) is 5.69 Å². The van der Waals surface area contributed by atoms with Crippen molar-refractivity contribution in [1.82, 2.24) is 19.7 Å². The van der Waals surface area contributed by atoms with Crippen molar-refractivity contribution in [2.45, 2.75) is 105 Å². The van der Waals surface area contributed by atoms with E-state index in [2.05, 4.69) is 50.4 Å². The largest absolute Gasteiger partial charge is 0.474 e. The zero-order valence-electron chi connectivity index (χ0n) is 22.4. The lowest BCUT2D eigenvalue weighted by atomic mass is 9.85. The molecule has 192 valence electrons. The molecule has 2 aliphatic rings. The van der Waals surface area contributed by atoms with Gasteiger partial charge in [0.25, 0.3) is 5.91 Å². The third kappa shape index (κ3) is 5.73. The van der Waals surface area contributed by atoms with Crippen LogP contribution in [0.2, 0.25) is 0 Å². The van der Waals surface area contributed by atoms with Gasteiger partial charge in [0.05, 0.1) is 0 Å². The van der Waals surface area contributed by atoms with Gasteiger partial charge >= 0.3 is 0 Å². The Morgan fingerprint density at radius 2 is 1.86 bits per heavy atom. The summed E-state index contributed by atoms with van der Waals surface area (Å²) >= 11 is 0. The van der Waals surface area contributed by atoms with Crippen LogP contribution in [0.15, 0.2) is 18.3 Å². The predicted molar refractivity (Wildman–Crippen MR) is 140 cm³/mol. The number of carbonyl (C=O) groups excluding carboxylic acids is 1. The Bertz CT molecular complexity index is 987. The molecule has 2 aromatic heterocycles. The first-order valence-corrected chi connectivity index (χ1v) is 13.9. The Balaban J connectivity index is 1.39. The molecule has 2 aliphatic carbocycles. The molecule has 1 fully saturated rings. The average molecular weight is 481 g/mol. The monoisotopic (exact) mass is 480 g/mol. The van der Waals surface area contributed by atoms with E-state index < -0.39 is 0 Å². The second kappa shape index (κ2) is 11.6. The van der Waals surface area contributed by atoms with Gasteiger partial charge in [0, 0.05) is 42.7 Å². The van der Waals surface area contributed by atoms with Gasteiger partial charge in [-0.3, -0.25) is 9.48 Å². The van der Waals surface area contributed by atoms with Crippen molar-refractivity contribution in [3.63, 3.8) is 0 Å². The maximum Gasteiger partial charge on any atom is 0.274 e. The van der Waals surface area contributed by atoms with E-state index in [-0.39, 0.29) is 12.0 Å². The first-order chi connectivity index (χ1) is 16.9. The van der Waals surface area contributed by atoms with Crippen molar-refractivity contribution in [3.05, 3.63) is 40.8 Å². The summed E-state index contributed by atoms with van der Waals surface area (Å²) in [4.78, 5) is 19.9. The van der Waals surface area contributed by atoms with E-state index in [1.165, 1.54) is 24.1 Å². The summed E-state index contributed by atoms with van der Waals surface area (Å²) in [5, 5.41) is 4.96. The Kier molecular flexibility index (Phi) is 8.51. The second-order valence-corrected chi connectivity index (χ2v) is 10.9. The Morgan fingerprint density at radius 3 is 2.51 bits per heavy atom. The van der Waals surface area contributed by atoms with E-state index >= 15 is 0 Å². The number of ether oxygens (including phenoxy) is 1. The van der Waals surface area contributed by atoms with Crippen LogP contribution < -0.4 is 4.74 Å². The fourth-order valence-corrected chi connectivity index (χ4v) is 5.91. The van der Waals surface area contributed by atoms with Gasteiger partial charge in [0.1, 0.15) is 6.10 Å². The van der Waals surface area contributed by atoms with E-state index in [1.807, 2.05) is 11.0 Å². The lowest BCUT2D eigenvalue weighted by Gasteiger charge is -2.29. The van der Waals surface area contributed by atoms with E-state index in [1.54, 1.807) is 6.20 Å². The maximum atomic E-state index is 13.5. The minimum Gasteiger partial charge on any atom is -0.474 e. The van der Waals surface area contributed by atoms with Crippen LogP contribution in [-0.4, -0.2) is 44.8 Å². The first kappa shape index (κ1) is 25.7. The molecule has 2 atom stereocenters. The Hall–Kier alpha value is -2.37. The average Bonchev–Trinajstić information content (AvgIpc) is 3.36. The van der Waals surface area contributed by atoms with Crippen LogP contribution in [-0.2, 0) is 13.0 Å². The first-order valence-electron chi connectivity index (χ1n) is 13.9. The molecule has 0 N–H and O–H groups in total. The number of aromatic nitrogens is 3. The Morgan fingerprint density at radius 1 is 1.14 bits per heavy atom.